The highest BCUT2D eigenvalue weighted by molar-refractivity contribution is 5.92. The van der Waals surface area contributed by atoms with Crippen molar-refractivity contribution in [3.63, 3.8) is 0 Å². The van der Waals surface area contributed by atoms with Crippen LogP contribution in [0, 0.1) is 6.92 Å². The number of carbonyl (C=O) groups is 2. The second kappa shape index (κ2) is 6.69. The van der Waals surface area contributed by atoms with E-state index in [1.165, 1.54) is 0 Å². The zero-order chi connectivity index (χ0) is 15.2. The van der Waals surface area contributed by atoms with Crippen LogP contribution in [-0.4, -0.2) is 28.5 Å². The van der Waals surface area contributed by atoms with E-state index in [1.54, 1.807) is 6.92 Å². The van der Waals surface area contributed by atoms with Gasteiger partial charge in [-0.15, -0.1) is 0 Å². The topological polar surface area (TPSA) is 92.4 Å². The fourth-order valence-electron chi connectivity index (χ4n) is 1.83. The van der Waals surface area contributed by atoms with Gasteiger partial charge in [0.25, 0.3) is 5.91 Å². The third-order valence-corrected chi connectivity index (χ3v) is 2.88. The van der Waals surface area contributed by atoms with Crippen molar-refractivity contribution in [1.82, 2.24) is 10.3 Å². The van der Waals surface area contributed by atoms with Gasteiger partial charge in [-0.1, -0.05) is 18.2 Å². The number of rotatable bonds is 6. The summed E-state index contributed by atoms with van der Waals surface area (Å²) in [7, 11) is 0. The minimum absolute atomic E-state index is 0.0188. The van der Waals surface area contributed by atoms with Crippen molar-refractivity contribution in [2.24, 2.45) is 0 Å². The average molecular weight is 288 g/mol. The molecule has 6 heteroatoms. The van der Waals surface area contributed by atoms with Crippen LogP contribution in [0.1, 0.15) is 29.1 Å². The number of aromatic nitrogens is 1. The summed E-state index contributed by atoms with van der Waals surface area (Å²) >= 11 is 0. The van der Waals surface area contributed by atoms with Crippen LogP contribution in [0.2, 0.25) is 0 Å². The van der Waals surface area contributed by atoms with Crippen molar-refractivity contribution < 1.29 is 19.1 Å². The molecular weight excluding hydrogens is 272 g/mol. The molecule has 6 nitrogen and oxygen atoms in total. The SMILES string of the molecule is Cc1nc(-c2ccccc2)oc1C(=O)NCCCC(=O)O. The molecular formula is C15H16N2O4. The van der Waals surface area contributed by atoms with Crippen LogP contribution in [-0.2, 0) is 4.79 Å². The van der Waals surface area contributed by atoms with E-state index >= 15 is 0 Å². The molecule has 0 saturated carbocycles. The Kier molecular flexibility index (Phi) is 4.71. The first-order valence-corrected chi connectivity index (χ1v) is 6.61. The number of benzene rings is 1. The number of carboxylic acid groups (broad SMARTS) is 1. The van der Waals surface area contributed by atoms with Gasteiger partial charge in [-0.25, -0.2) is 4.98 Å². The molecule has 1 aromatic carbocycles. The molecule has 0 unspecified atom stereocenters. The summed E-state index contributed by atoms with van der Waals surface area (Å²) in [6, 6.07) is 9.30. The van der Waals surface area contributed by atoms with E-state index < -0.39 is 5.97 Å². The van der Waals surface area contributed by atoms with Crippen LogP contribution in [0.4, 0.5) is 0 Å². The number of nitrogens with zero attached hydrogens (tertiary/aromatic N) is 1. The Morgan fingerprint density at radius 2 is 2.00 bits per heavy atom. The molecule has 0 fully saturated rings. The van der Waals surface area contributed by atoms with Crippen molar-refractivity contribution >= 4 is 11.9 Å². The van der Waals surface area contributed by atoms with Crippen molar-refractivity contribution in [2.45, 2.75) is 19.8 Å². The summed E-state index contributed by atoms with van der Waals surface area (Å²) in [5, 5.41) is 11.2. The number of aryl methyl sites for hydroxylation is 1. The number of carbonyl (C=O) groups excluding carboxylic acids is 1. The molecule has 0 aliphatic heterocycles. The summed E-state index contributed by atoms with van der Waals surface area (Å²) in [6.45, 7) is 1.98. The predicted molar refractivity (Wildman–Crippen MR) is 75.9 cm³/mol. The fourth-order valence-corrected chi connectivity index (χ4v) is 1.83. The van der Waals surface area contributed by atoms with E-state index in [-0.39, 0.29) is 24.6 Å². The second-order valence-corrected chi connectivity index (χ2v) is 4.55. The number of aliphatic carboxylic acids is 1. The Labute approximate surface area is 121 Å². The predicted octanol–water partition coefficient (Wildman–Crippen LogP) is 2.24. The maximum atomic E-state index is 12.0. The quantitative estimate of drug-likeness (QED) is 0.795. The summed E-state index contributed by atoms with van der Waals surface area (Å²) in [4.78, 5) is 26.6. The van der Waals surface area contributed by atoms with Gasteiger partial charge in [-0.2, -0.15) is 0 Å². The molecule has 0 spiro atoms. The molecule has 2 aromatic rings. The lowest BCUT2D eigenvalue weighted by Crippen LogP contribution is -2.25. The first-order valence-electron chi connectivity index (χ1n) is 6.61. The number of hydrogen-bond donors (Lipinski definition) is 2. The van der Waals surface area contributed by atoms with E-state index in [2.05, 4.69) is 10.3 Å². The second-order valence-electron chi connectivity index (χ2n) is 4.55. The lowest BCUT2D eigenvalue weighted by Gasteiger charge is -2.01. The monoisotopic (exact) mass is 288 g/mol. The lowest BCUT2D eigenvalue weighted by atomic mass is 10.2. The van der Waals surface area contributed by atoms with Gasteiger partial charge < -0.3 is 14.8 Å². The maximum Gasteiger partial charge on any atom is 0.303 e. The Balaban J connectivity index is 2.02. The maximum absolute atomic E-state index is 12.0. The highest BCUT2D eigenvalue weighted by Gasteiger charge is 2.17. The number of hydrogen-bond acceptors (Lipinski definition) is 4. The Morgan fingerprint density at radius 3 is 2.67 bits per heavy atom. The third-order valence-electron chi connectivity index (χ3n) is 2.88. The molecule has 2 rings (SSSR count). The first-order chi connectivity index (χ1) is 10.1. The Hall–Kier alpha value is -2.63. The van der Waals surface area contributed by atoms with Gasteiger partial charge in [0.1, 0.15) is 0 Å². The molecule has 2 N–H and O–H groups in total. The van der Waals surface area contributed by atoms with E-state index in [0.717, 1.165) is 5.56 Å². The highest BCUT2D eigenvalue weighted by Crippen LogP contribution is 2.21. The fraction of sp³-hybridized carbons (Fsp3) is 0.267. The molecule has 0 aliphatic rings. The number of amides is 1. The number of nitrogens with one attached hydrogen (secondary N) is 1. The summed E-state index contributed by atoms with van der Waals surface area (Å²) < 4.78 is 5.50. The normalized spacial score (nSPS) is 10.3. The van der Waals surface area contributed by atoms with Gasteiger partial charge in [0.05, 0.1) is 5.69 Å². The number of carboxylic acids is 1. The van der Waals surface area contributed by atoms with Crippen LogP contribution >= 0.6 is 0 Å². The molecule has 1 heterocycles. The van der Waals surface area contributed by atoms with Crippen LogP contribution < -0.4 is 5.32 Å². The minimum atomic E-state index is -0.883. The van der Waals surface area contributed by atoms with Gasteiger partial charge in [0, 0.05) is 18.5 Å². The summed E-state index contributed by atoms with van der Waals surface area (Å²) in [6.07, 6.45) is 0.394. The third kappa shape index (κ3) is 3.92. The number of oxazole rings is 1. The standard InChI is InChI=1S/C15H16N2O4/c1-10-13(14(20)16-9-5-8-12(18)19)21-15(17-10)11-6-3-2-4-7-11/h2-4,6-7H,5,8-9H2,1H3,(H,16,20)(H,18,19). The van der Waals surface area contributed by atoms with Gasteiger partial charge in [-0.3, -0.25) is 9.59 Å². The molecule has 110 valence electrons. The molecule has 1 aromatic heterocycles. The first kappa shape index (κ1) is 14.8. The molecule has 0 radical (unpaired) electrons. The minimum Gasteiger partial charge on any atom is -0.481 e. The van der Waals surface area contributed by atoms with Crippen LogP contribution in [0.15, 0.2) is 34.7 Å². The molecule has 1 amide bonds. The van der Waals surface area contributed by atoms with Crippen LogP contribution in [0.25, 0.3) is 11.5 Å². The largest absolute Gasteiger partial charge is 0.481 e. The van der Waals surface area contributed by atoms with Gasteiger partial charge in [-0.05, 0) is 25.5 Å². The van der Waals surface area contributed by atoms with Gasteiger partial charge in [0.15, 0.2) is 0 Å². The van der Waals surface area contributed by atoms with Crippen molar-refractivity contribution in [2.75, 3.05) is 6.54 Å². The van der Waals surface area contributed by atoms with Crippen molar-refractivity contribution in [3.05, 3.63) is 41.8 Å². The van der Waals surface area contributed by atoms with Crippen LogP contribution in [0.3, 0.4) is 0 Å². The smallest absolute Gasteiger partial charge is 0.303 e. The van der Waals surface area contributed by atoms with Gasteiger partial charge in [0.2, 0.25) is 11.7 Å². The van der Waals surface area contributed by atoms with Gasteiger partial charge >= 0.3 is 5.97 Å². The zero-order valence-corrected chi connectivity index (χ0v) is 11.6. The molecule has 0 saturated heterocycles. The lowest BCUT2D eigenvalue weighted by molar-refractivity contribution is -0.137. The van der Waals surface area contributed by atoms with Crippen LogP contribution in [0.5, 0.6) is 0 Å². The Morgan fingerprint density at radius 1 is 1.29 bits per heavy atom. The van der Waals surface area contributed by atoms with E-state index in [9.17, 15) is 9.59 Å². The van der Waals surface area contributed by atoms with Crippen molar-refractivity contribution in [3.8, 4) is 11.5 Å². The molecule has 0 atom stereocenters. The van der Waals surface area contributed by atoms with E-state index in [0.29, 0.717) is 18.0 Å². The summed E-state index contributed by atoms with van der Waals surface area (Å²) in [5.41, 5.74) is 1.30. The zero-order valence-electron chi connectivity index (χ0n) is 11.6. The molecule has 21 heavy (non-hydrogen) atoms. The van der Waals surface area contributed by atoms with E-state index in [1.807, 2.05) is 30.3 Å². The molecule has 0 aliphatic carbocycles. The average Bonchev–Trinajstić information content (AvgIpc) is 2.86. The summed E-state index contributed by atoms with van der Waals surface area (Å²) in [5.74, 6) is -0.716. The highest BCUT2D eigenvalue weighted by atomic mass is 16.4. The Bertz CT molecular complexity index is 634. The van der Waals surface area contributed by atoms with Crippen molar-refractivity contribution in [1.29, 1.82) is 0 Å². The molecule has 0 bridgehead atoms. The van der Waals surface area contributed by atoms with E-state index in [4.69, 9.17) is 9.52 Å².